The second-order valence-corrected chi connectivity index (χ2v) is 7.62. The Morgan fingerprint density at radius 2 is 1.76 bits per heavy atom. The molecule has 0 aliphatic carbocycles. The summed E-state index contributed by atoms with van der Waals surface area (Å²) in [5.41, 5.74) is 7.30. The summed E-state index contributed by atoms with van der Waals surface area (Å²) in [7, 11) is 3.96. The Kier molecular flexibility index (Phi) is 6.80. The van der Waals surface area contributed by atoms with E-state index in [0.29, 0.717) is 23.7 Å². The van der Waals surface area contributed by atoms with E-state index in [0.717, 1.165) is 22.4 Å². The van der Waals surface area contributed by atoms with E-state index < -0.39 is 0 Å². The maximum atomic E-state index is 12.5. The van der Waals surface area contributed by atoms with Crippen LogP contribution in [0.15, 0.2) is 90.0 Å². The Hall–Kier alpha value is -4.39. The van der Waals surface area contributed by atoms with E-state index in [1.165, 1.54) is 0 Å². The Morgan fingerprint density at radius 3 is 2.52 bits per heavy atom. The van der Waals surface area contributed by atoms with Gasteiger partial charge in [0.1, 0.15) is 18.1 Å². The smallest absolute Gasteiger partial charge is 0.289 e. The van der Waals surface area contributed by atoms with Gasteiger partial charge in [-0.3, -0.25) is 9.89 Å². The zero-order chi connectivity index (χ0) is 23.0. The summed E-state index contributed by atoms with van der Waals surface area (Å²) < 4.78 is 6.00. The zero-order valence-electron chi connectivity index (χ0n) is 18.5. The molecule has 4 aromatic rings. The molecule has 0 saturated carbocycles. The highest BCUT2D eigenvalue weighted by molar-refractivity contribution is 5.94. The molecule has 3 aromatic carbocycles. The molecule has 33 heavy (non-hydrogen) atoms. The average Bonchev–Trinajstić information content (AvgIpc) is 3.34. The van der Waals surface area contributed by atoms with Gasteiger partial charge in [0.05, 0.1) is 11.9 Å². The Balaban J connectivity index is 1.41. The van der Waals surface area contributed by atoms with E-state index in [-0.39, 0.29) is 5.91 Å². The average molecular weight is 440 g/mol. The van der Waals surface area contributed by atoms with Crippen molar-refractivity contribution in [2.24, 2.45) is 5.10 Å². The highest BCUT2D eigenvalue weighted by atomic mass is 16.5. The number of anilines is 1. The number of hydrazone groups is 1. The van der Waals surface area contributed by atoms with Gasteiger partial charge in [0.25, 0.3) is 5.91 Å². The number of aromatic nitrogens is 2. The largest absolute Gasteiger partial charge is 0.488 e. The zero-order valence-corrected chi connectivity index (χ0v) is 18.5. The lowest BCUT2D eigenvalue weighted by Crippen LogP contribution is -2.18. The first-order valence-corrected chi connectivity index (χ1v) is 10.5. The summed E-state index contributed by atoms with van der Waals surface area (Å²) >= 11 is 0. The third-order valence-corrected chi connectivity index (χ3v) is 5.01. The van der Waals surface area contributed by atoms with Crippen LogP contribution < -0.4 is 15.1 Å². The van der Waals surface area contributed by atoms with Gasteiger partial charge in [0, 0.05) is 25.3 Å². The quantitative estimate of drug-likeness (QED) is 0.313. The molecule has 0 bridgehead atoms. The molecule has 0 aliphatic rings. The molecule has 166 valence electrons. The molecule has 1 amide bonds. The second-order valence-electron chi connectivity index (χ2n) is 7.62. The lowest BCUT2D eigenvalue weighted by atomic mass is 10.1. The van der Waals surface area contributed by atoms with Crippen LogP contribution in [0.2, 0.25) is 0 Å². The third-order valence-electron chi connectivity index (χ3n) is 5.01. The van der Waals surface area contributed by atoms with Crippen molar-refractivity contribution in [2.45, 2.75) is 6.61 Å². The second kappa shape index (κ2) is 10.3. The van der Waals surface area contributed by atoms with Gasteiger partial charge in [-0.05, 0) is 41.5 Å². The van der Waals surface area contributed by atoms with E-state index in [1.54, 1.807) is 12.3 Å². The number of hydrogen-bond acceptors (Lipinski definition) is 5. The van der Waals surface area contributed by atoms with Crippen LogP contribution in [0.25, 0.3) is 11.3 Å². The number of benzene rings is 3. The Bertz CT molecular complexity index is 1230. The first-order chi connectivity index (χ1) is 16.1. The molecule has 0 radical (unpaired) electrons. The minimum atomic E-state index is -0.377. The number of ether oxygens (including phenoxy) is 1. The Labute approximate surface area is 192 Å². The molecule has 1 aromatic heterocycles. The molecule has 2 N–H and O–H groups in total. The number of aromatic amines is 1. The summed E-state index contributed by atoms with van der Waals surface area (Å²) in [4.78, 5) is 14.5. The lowest BCUT2D eigenvalue weighted by molar-refractivity contribution is 0.0950. The lowest BCUT2D eigenvalue weighted by Gasteiger charge is -2.11. The minimum Gasteiger partial charge on any atom is -0.488 e. The molecule has 0 atom stereocenters. The number of carbonyl (C=O) groups excluding carboxylic acids is 1. The van der Waals surface area contributed by atoms with Crippen LogP contribution in [0.3, 0.4) is 0 Å². The van der Waals surface area contributed by atoms with Gasteiger partial charge in [0.15, 0.2) is 0 Å². The predicted octanol–water partition coefficient (Wildman–Crippen LogP) is 4.49. The fourth-order valence-electron chi connectivity index (χ4n) is 3.20. The van der Waals surface area contributed by atoms with Gasteiger partial charge < -0.3 is 9.64 Å². The van der Waals surface area contributed by atoms with Crippen molar-refractivity contribution in [1.82, 2.24) is 15.6 Å². The molecule has 0 saturated heterocycles. The summed E-state index contributed by atoms with van der Waals surface area (Å²) in [6, 6.07) is 27.1. The van der Waals surface area contributed by atoms with Crippen molar-refractivity contribution in [2.75, 3.05) is 19.0 Å². The van der Waals surface area contributed by atoms with Crippen molar-refractivity contribution in [3.8, 4) is 17.0 Å². The van der Waals surface area contributed by atoms with Gasteiger partial charge in [-0.1, -0.05) is 54.6 Å². The van der Waals surface area contributed by atoms with E-state index in [2.05, 4.69) is 20.7 Å². The number of para-hydroxylation sites is 1. The van der Waals surface area contributed by atoms with Crippen molar-refractivity contribution in [1.29, 1.82) is 0 Å². The number of nitrogens with one attached hydrogen (secondary N) is 2. The first-order valence-electron chi connectivity index (χ1n) is 10.5. The van der Waals surface area contributed by atoms with Gasteiger partial charge >= 0.3 is 0 Å². The van der Waals surface area contributed by atoms with Crippen molar-refractivity contribution in [3.63, 3.8) is 0 Å². The summed E-state index contributed by atoms with van der Waals surface area (Å²) in [5.74, 6) is 0.316. The van der Waals surface area contributed by atoms with Gasteiger partial charge in [-0.15, -0.1) is 0 Å². The SMILES string of the molecule is CN(C)c1ccc(/C=N\NC(=O)c2cc(-c3ccccc3OCc3ccccc3)n[nH]2)cc1. The molecular formula is C26H25N5O2. The molecular weight excluding hydrogens is 414 g/mol. The van der Waals surface area contributed by atoms with Crippen LogP contribution in [0.1, 0.15) is 21.6 Å². The number of H-pyrrole nitrogens is 1. The van der Waals surface area contributed by atoms with Crippen LogP contribution in [0.5, 0.6) is 5.75 Å². The highest BCUT2D eigenvalue weighted by Gasteiger charge is 2.13. The minimum absolute atomic E-state index is 0.308. The van der Waals surface area contributed by atoms with Crippen LogP contribution in [0.4, 0.5) is 5.69 Å². The normalized spacial score (nSPS) is 10.8. The molecule has 1 heterocycles. The monoisotopic (exact) mass is 439 g/mol. The topological polar surface area (TPSA) is 82.6 Å². The summed E-state index contributed by atoms with van der Waals surface area (Å²) in [6.07, 6.45) is 1.60. The molecule has 0 unspecified atom stereocenters. The van der Waals surface area contributed by atoms with Crippen molar-refractivity contribution < 1.29 is 9.53 Å². The Morgan fingerprint density at radius 1 is 1.03 bits per heavy atom. The van der Waals surface area contributed by atoms with E-state index >= 15 is 0 Å². The van der Waals surface area contributed by atoms with E-state index in [4.69, 9.17) is 4.74 Å². The predicted molar refractivity (Wildman–Crippen MR) is 131 cm³/mol. The van der Waals surface area contributed by atoms with Crippen LogP contribution in [-0.4, -0.2) is 36.4 Å². The molecule has 0 aliphatic heterocycles. The standard InChI is InChI=1S/C26H25N5O2/c1-31(2)21-14-12-19(13-15-21)17-27-30-26(32)24-16-23(28-29-24)22-10-6-7-11-25(22)33-18-20-8-4-3-5-9-20/h3-17H,18H2,1-2H3,(H,28,29)(H,30,32)/b27-17-. The number of hydrogen-bond donors (Lipinski definition) is 2. The van der Waals surface area contributed by atoms with E-state index in [1.807, 2.05) is 97.9 Å². The van der Waals surface area contributed by atoms with Crippen LogP contribution >= 0.6 is 0 Å². The summed E-state index contributed by atoms with van der Waals surface area (Å²) in [5, 5.41) is 11.1. The van der Waals surface area contributed by atoms with Gasteiger partial charge in [-0.25, -0.2) is 5.43 Å². The molecule has 7 heteroatoms. The van der Waals surface area contributed by atoms with Crippen molar-refractivity contribution in [3.05, 3.63) is 102 Å². The van der Waals surface area contributed by atoms with Crippen LogP contribution in [0, 0.1) is 0 Å². The molecule has 7 nitrogen and oxygen atoms in total. The maximum Gasteiger partial charge on any atom is 0.289 e. The summed E-state index contributed by atoms with van der Waals surface area (Å²) in [6.45, 7) is 0.444. The fourth-order valence-corrected chi connectivity index (χ4v) is 3.20. The highest BCUT2D eigenvalue weighted by Crippen LogP contribution is 2.29. The molecule has 0 fully saturated rings. The van der Waals surface area contributed by atoms with Crippen molar-refractivity contribution >= 4 is 17.8 Å². The van der Waals surface area contributed by atoms with Crippen LogP contribution in [-0.2, 0) is 6.61 Å². The maximum absolute atomic E-state index is 12.5. The van der Waals surface area contributed by atoms with Gasteiger partial charge in [-0.2, -0.15) is 10.2 Å². The molecule has 4 rings (SSSR count). The number of nitrogens with zero attached hydrogens (tertiary/aromatic N) is 3. The van der Waals surface area contributed by atoms with Gasteiger partial charge in [0.2, 0.25) is 0 Å². The van der Waals surface area contributed by atoms with E-state index in [9.17, 15) is 4.79 Å². The number of carbonyl (C=O) groups is 1. The number of amides is 1. The number of rotatable bonds is 8. The first kappa shape index (κ1) is 21.8. The fraction of sp³-hybridized carbons (Fsp3) is 0.115. The third kappa shape index (κ3) is 5.65. The molecule has 0 spiro atoms.